The summed E-state index contributed by atoms with van der Waals surface area (Å²) < 4.78 is 10.9. The topological polar surface area (TPSA) is 21.8 Å². The van der Waals surface area contributed by atoms with Gasteiger partial charge in [-0.15, -0.1) is 0 Å². The van der Waals surface area contributed by atoms with E-state index < -0.39 is 7.92 Å². The molecule has 4 rings (SSSR count). The van der Waals surface area contributed by atoms with Crippen molar-refractivity contribution in [2.75, 3.05) is 13.2 Å². The van der Waals surface area contributed by atoms with E-state index in [0.29, 0.717) is 6.61 Å². The second-order valence-electron chi connectivity index (χ2n) is 5.77. The molecule has 1 atom stereocenters. The largest absolute Gasteiger partial charge is 0.491 e. The van der Waals surface area contributed by atoms with Crippen LogP contribution in [0.15, 0.2) is 84.9 Å². The first-order chi connectivity index (χ1) is 11.9. The van der Waals surface area contributed by atoms with Gasteiger partial charge in [0, 0.05) is 0 Å². The molecule has 1 heterocycles. The fourth-order valence-electron chi connectivity index (χ4n) is 2.65. The summed E-state index contributed by atoms with van der Waals surface area (Å²) in [4.78, 5) is 0. The van der Waals surface area contributed by atoms with Crippen LogP contribution in [0.4, 0.5) is 0 Å². The second-order valence-corrected chi connectivity index (χ2v) is 7.99. The lowest BCUT2D eigenvalue weighted by Gasteiger charge is -2.19. The van der Waals surface area contributed by atoms with E-state index >= 15 is 0 Å². The van der Waals surface area contributed by atoms with Crippen LogP contribution in [0.3, 0.4) is 0 Å². The quantitative estimate of drug-likeness (QED) is 0.510. The van der Waals surface area contributed by atoms with Crippen LogP contribution < -0.4 is 20.7 Å². The zero-order valence-electron chi connectivity index (χ0n) is 13.3. The lowest BCUT2D eigenvalue weighted by Crippen LogP contribution is -2.20. The predicted octanol–water partition coefficient (Wildman–Crippen LogP) is 3.22. The number of ether oxygens (including phenoxy) is 2. The van der Waals surface area contributed by atoms with Gasteiger partial charge in [-0.2, -0.15) is 0 Å². The maximum absolute atomic E-state index is 5.76. The fourth-order valence-corrected chi connectivity index (χ4v) is 4.93. The minimum atomic E-state index is -0.548. The third-order valence-corrected chi connectivity index (χ3v) is 6.41. The smallest absolute Gasteiger partial charge is 0.119 e. The van der Waals surface area contributed by atoms with E-state index in [9.17, 15) is 0 Å². The molecular weight excluding hydrogens is 315 g/mol. The van der Waals surface area contributed by atoms with Crippen molar-refractivity contribution in [3.63, 3.8) is 0 Å². The molecule has 3 aromatic carbocycles. The highest BCUT2D eigenvalue weighted by atomic mass is 31.1. The lowest BCUT2D eigenvalue weighted by atomic mass is 10.3. The summed E-state index contributed by atoms with van der Waals surface area (Å²) in [5.74, 6) is 0.908. The van der Waals surface area contributed by atoms with Gasteiger partial charge in [-0.1, -0.05) is 72.8 Å². The van der Waals surface area contributed by atoms with Crippen LogP contribution in [-0.2, 0) is 4.74 Å². The highest BCUT2D eigenvalue weighted by Gasteiger charge is 2.23. The Morgan fingerprint density at radius 2 is 1.25 bits per heavy atom. The molecule has 24 heavy (non-hydrogen) atoms. The van der Waals surface area contributed by atoms with E-state index in [1.165, 1.54) is 15.9 Å². The van der Waals surface area contributed by atoms with Crippen molar-refractivity contribution < 1.29 is 9.47 Å². The summed E-state index contributed by atoms with van der Waals surface area (Å²) >= 11 is 0. The minimum Gasteiger partial charge on any atom is -0.491 e. The third-order valence-electron chi connectivity index (χ3n) is 3.96. The lowest BCUT2D eigenvalue weighted by molar-refractivity contribution is 0.263. The standard InChI is InChI=1S/C21H19O2P/c1-3-7-19(8-4-1)24(20-9-5-2-6-10-20)21-13-11-17(12-14-21)22-15-18-16-23-18/h1-14,18H,15-16H2. The minimum absolute atomic E-state index is 0.287. The van der Waals surface area contributed by atoms with E-state index in [-0.39, 0.29) is 6.10 Å². The van der Waals surface area contributed by atoms with Crippen LogP contribution in [0.1, 0.15) is 0 Å². The van der Waals surface area contributed by atoms with Gasteiger partial charge in [0.25, 0.3) is 0 Å². The summed E-state index contributed by atoms with van der Waals surface area (Å²) in [5.41, 5.74) is 0. The summed E-state index contributed by atoms with van der Waals surface area (Å²) in [6, 6.07) is 30.0. The maximum atomic E-state index is 5.76. The predicted molar refractivity (Wildman–Crippen MR) is 100 cm³/mol. The number of hydrogen-bond acceptors (Lipinski definition) is 2. The first kappa shape index (κ1) is 15.4. The van der Waals surface area contributed by atoms with Crippen LogP contribution in [0, 0.1) is 0 Å². The number of epoxide rings is 1. The Morgan fingerprint density at radius 1 is 0.750 bits per heavy atom. The van der Waals surface area contributed by atoms with Crippen LogP contribution >= 0.6 is 7.92 Å². The Hall–Kier alpha value is -2.15. The SMILES string of the molecule is c1ccc(P(c2ccccc2)c2ccc(OCC3CO3)cc2)cc1. The average molecular weight is 334 g/mol. The van der Waals surface area contributed by atoms with Crippen molar-refractivity contribution >= 4 is 23.8 Å². The van der Waals surface area contributed by atoms with Gasteiger partial charge in [-0.3, -0.25) is 0 Å². The van der Waals surface area contributed by atoms with Crippen molar-refractivity contribution in [1.29, 1.82) is 0 Å². The van der Waals surface area contributed by atoms with E-state index in [4.69, 9.17) is 9.47 Å². The number of rotatable bonds is 6. The number of benzene rings is 3. The van der Waals surface area contributed by atoms with Gasteiger partial charge in [0.15, 0.2) is 0 Å². The van der Waals surface area contributed by atoms with Gasteiger partial charge < -0.3 is 9.47 Å². The monoisotopic (exact) mass is 334 g/mol. The normalized spacial score (nSPS) is 16.1. The molecule has 2 nitrogen and oxygen atoms in total. The molecule has 0 amide bonds. The first-order valence-corrected chi connectivity index (χ1v) is 9.49. The Balaban J connectivity index is 1.63. The molecule has 0 aliphatic carbocycles. The molecule has 0 saturated carbocycles. The summed E-state index contributed by atoms with van der Waals surface area (Å²) in [6.07, 6.45) is 0.287. The first-order valence-electron chi connectivity index (χ1n) is 8.15. The second kappa shape index (κ2) is 7.17. The molecule has 1 fully saturated rings. The molecule has 3 aromatic rings. The maximum Gasteiger partial charge on any atom is 0.119 e. The van der Waals surface area contributed by atoms with E-state index in [1.54, 1.807) is 0 Å². The fraction of sp³-hybridized carbons (Fsp3) is 0.143. The van der Waals surface area contributed by atoms with E-state index in [1.807, 2.05) is 0 Å². The van der Waals surface area contributed by atoms with E-state index in [2.05, 4.69) is 84.9 Å². The third kappa shape index (κ3) is 3.67. The molecule has 1 aliphatic heterocycles. The van der Waals surface area contributed by atoms with Crippen molar-refractivity contribution in [1.82, 2.24) is 0 Å². The zero-order chi connectivity index (χ0) is 16.2. The molecule has 3 heteroatoms. The summed E-state index contributed by atoms with van der Waals surface area (Å²) in [6.45, 7) is 1.47. The van der Waals surface area contributed by atoms with Gasteiger partial charge in [-0.05, 0) is 36.0 Å². The molecule has 0 radical (unpaired) electrons. The van der Waals surface area contributed by atoms with Crippen molar-refractivity contribution in [3.8, 4) is 5.75 Å². The Labute approximate surface area is 143 Å². The van der Waals surface area contributed by atoms with Gasteiger partial charge in [-0.25, -0.2) is 0 Å². The van der Waals surface area contributed by atoms with Crippen LogP contribution in [0.25, 0.3) is 0 Å². The van der Waals surface area contributed by atoms with Crippen molar-refractivity contribution in [2.45, 2.75) is 6.10 Å². The molecule has 0 N–H and O–H groups in total. The van der Waals surface area contributed by atoms with Gasteiger partial charge in [0.2, 0.25) is 0 Å². The molecule has 0 aromatic heterocycles. The molecule has 120 valence electrons. The van der Waals surface area contributed by atoms with Crippen molar-refractivity contribution in [3.05, 3.63) is 84.9 Å². The van der Waals surface area contributed by atoms with Crippen molar-refractivity contribution in [2.24, 2.45) is 0 Å². The summed E-state index contributed by atoms with van der Waals surface area (Å²) in [7, 11) is -0.548. The van der Waals surface area contributed by atoms with Crippen LogP contribution in [0.2, 0.25) is 0 Å². The van der Waals surface area contributed by atoms with Gasteiger partial charge >= 0.3 is 0 Å². The molecule has 1 saturated heterocycles. The molecule has 1 aliphatic rings. The molecular formula is C21H19O2P. The Bertz CT molecular complexity index is 728. The molecule has 0 bridgehead atoms. The molecule has 0 spiro atoms. The average Bonchev–Trinajstić information content (AvgIpc) is 3.48. The van der Waals surface area contributed by atoms with E-state index in [0.717, 1.165) is 12.4 Å². The Kier molecular flexibility index (Phi) is 4.60. The Morgan fingerprint density at radius 3 is 1.75 bits per heavy atom. The van der Waals surface area contributed by atoms with Crippen LogP contribution in [-0.4, -0.2) is 19.3 Å². The zero-order valence-corrected chi connectivity index (χ0v) is 14.2. The highest BCUT2D eigenvalue weighted by Crippen LogP contribution is 2.33. The molecule has 1 unspecified atom stereocenters. The van der Waals surface area contributed by atoms with Crippen LogP contribution in [0.5, 0.6) is 5.75 Å². The number of hydrogen-bond donors (Lipinski definition) is 0. The highest BCUT2D eigenvalue weighted by molar-refractivity contribution is 7.79. The van der Waals surface area contributed by atoms with Gasteiger partial charge in [0.05, 0.1) is 6.61 Å². The van der Waals surface area contributed by atoms with Gasteiger partial charge in [0.1, 0.15) is 18.5 Å². The summed E-state index contributed by atoms with van der Waals surface area (Å²) in [5, 5.41) is 4.05.